The van der Waals surface area contributed by atoms with E-state index < -0.39 is 5.97 Å². The first-order valence-corrected chi connectivity index (χ1v) is 9.21. The van der Waals surface area contributed by atoms with Gasteiger partial charge in [0, 0.05) is 32.1 Å². The van der Waals surface area contributed by atoms with Gasteiger partial charge in [-0.15, -0.1) is 0 Å². The van der Waals surface area contributed by atoms with Crippen LogP contribution in [0.4, 0.5) is 11.4 Å². The van der Waals surface area contributed by atoms with Gasteiger partial charge in [-0.05, 0) is 43.7 Å². The molecule has 28 heavy (non-hydrogen) atoms. The molecule has 0 atom stereocenters. The third-order valence-corrected chi connectivity index (χ3v) is 4.46. The first-order chi connectivity index (χ1) is 13.4. The van der Waals surface area contributed by atoms with E-state index in [9.17, 15) is 14.4 Å². The summed E-state index contributed by atoms with van der Waals surface area (Å²) in [7, 11) is 1.29. The standard InChI is InChI=1S/C22H26N2O4/c1-5-23(18-10-8-9-16(2)15-18)21(26)13-14-24(17(3)25)20-12-7-6-11-19(20)22(27)28-4/h6-12,15H,5,13-14H2,1-4H3. The van der Waals surface area contributed by atoms with Gasteiger partial charge < -0.3 is 14.5 Å². The maximum Gasteiger partial charge on any atom is 0.339 e. The van der Waals surface area contributed by atoms with Crippen molar-refractivity contribution < 1.29 is 19.1 Å². The molecule has 2 aromatic carbocycles. The molecule has 0 aliphatic heterocycles. The van der Waals surface area contributed by atoms with E-state index in [1.54, 1.807) is 29.2 Å². The average molecular weight is 382 g/mol. The number of benzene rings is 2. The van der Waals surface area contributed by atoms with E-state index >= 15 is 0 Å². The highest BCUT2D eigenvalue weighted by Gasteiger charge is 2.22. The number of carbonyl (C=O) groups is 3. The summed E-state index contributed by atoms with van der Waals surface area (Å²) in [6.45, 7) is 6.00. The minimum Gasteiger partial charge on any atom is -0.465 e. The first-order valence-electron chi connectivity index (χ1n) is 9.21. The number of para-hydroxylation sites is 1. The number of hydrogen-bond donors (Lipinski definition) is 0. The van der Waals surface area contributed by atoms with E-state index in [1.807, 2.05) is 38.1 Å². The van der Waals surface area contributed by atoms with Gasteiger partial charge in [-0.3, -0.25) is 9.59 Å². The van der Waals surface area contributed by atoms with Crippen molar-refractivity contribution in [3.05, 3.63) is 59.7 Å². The minimum atomic E-state index is -0.525. The van der Waals surface area contributed by atoms with Gasteiger partial charge in [0.05, 0.1) is 18.4 Å². The molecule has 2 rings (SSSR count). The molecule has 6 heteroatoms. The molecule has 2 aromatic rings. The summed E-state index contributed by atoms with van der Waals surface area (Å²) in [5, 5.41) is 0. The van der Waals surface area contributed by atoms with Crippen LogP contribution in [-0.4, -0.2) is 38.0 Å². The van der Waals surface area contributed by atoms with Crippen LogP contribution < -0.4 is 9.80 Å². The number of nitrogens with zero attached hydrogens (tertiary/aromatic N) is 2. The van der Waals surface area contributed by atoms with Crippen LogP contribution in [0.2, 0.25) is 0 Å². The number of anilines is 2. The molecule has 0 aliphatic rings. The SMILES string of the molecule is CCN(C(=O)CCN(C(C)=O)c1ccccc1C(=O)OC)c1cccc(C)c1. The number of amides is 2. The number of rotatable bonds is 7. The molecule has 0 spiro atoms. The van der Waals surface area contributed by atoms with Gasteiger partial charge in [0.15, 0.2) is 0 Å². The summed E-state index contributed by atoms with van der Waals surface area (Å²) in [5.41, 5.74) is 2.63. The van der Waals surface area contributed by atoms with E-state index in [4.69, 9.17) is 4.74 Å². The Balaban J connectivity index is 2.21. The summed E-state index contributed by atoms with van der Waals surface area (Å²) < 4.78 is 4.81. The number of aryl methyl sites for hydroxylation is 1. The number of hydrogen-bond acceptors (Lipinski definition) is 4. The Morgan fingerprint density at radius 1 is 1.00 bits per heavy atom. The number of esters is 1. The summed E-state index contributed by atoms with van der Waals surface area (Å²) in [5.74, 6) is -0.860. The maximum absolute atomic E-state index is 12.8. The van der Waals surface area contributed by atoms with Crippen LogP contribution in [-0.2, 0) is 14.3 Å². The molecule has 0 saturated heterocycles. The molecule has 0 aromatic heterocycles. The molecule has 0 heterocycles. The fourth-order valence-corrected chi connectivity index (χ4v) is 3.08. The lowest BCUT2D eigenvalue weighted by Crippen LogP contribution is -2.37. The summed E-state index contributed by atoms with van der Waals surface area (Å²) in [6.07, 6.45) is 0.136. The Labute approximate surface area is 165 Å². The van der Waals surface area contributed by atoms with Gasteiger partial charge in [0.1, 0.15) is 0 Å². The topological polar surface area (TPSA) is 66.9 Å². The number of ether oxygens (including phenoxy) is 1. The monoisotopic (exact) mass is 382 g/mol. The second kappa shape index (κ2) is 9.69. The molecule has 2 amide bonds. The first kappa shape index (κ1) is 21.2. The van der Waals surface area contributed by atoms with Gasteiger partial charge >= 0.3 is 5.97 Å². The molecule has 0 bridgehead atoms. The second-order valence-electron chi connectivity index (χ2n) is 6.41. The molecular formula is C22H26N2O4. The maximum atomic E-state index is 12.8. The lowest BCUT2D eigenvalue weighted by molar-refractivity contribution is -0.118. The summed E-state index contributed by atoms with van der Waals surface area (Å²) in [4.78, 5) is 40.2. The van der Waals surface area contributed by atoms with Crippen molar-refractivity contribution in [2.24, 2.45) is 0 Å². The third kappa shape index (κ3) is 4.97. The van der Waals surface area contributed by atoms with Crippen LogP contribution in [0.1, 0.15) is 36.2 Å². The molecule has 0 saturated carbocycles. The molecule has 0 fully saturated rings. The minimum absolute atomic E-state index is 0.0881. The van der Waals surface area contributed by atoms with Gasteiger partial charge in [-0.2, -0.15) is 0 Å². The highest BCUT2D eigenvalue weighted by atomic mass is 16.5. The predicted molar refractivity (Wildman–Crippen MR) is 110 cm³/mol. The Morgan fingerprint density at radius 2 is 1.71 bits per heavy atom. The third-order valence-electron chi connectivity index (χ3n) is 4.46. The van der Waals surface area contributed by atoms with Crippen LogP contribution in [0.3, 0.4) is 0 Å². The van der Waals surface area contributed by atoms with Crippen molar-refractivity contribution in [3.63, 3.8) is 0 Å². The molecule has 0 unspecified atom stereocenters. The number of methoxy groups -OCH3 is 1. The Morgan fingerprint density at radius 3 is 2.32 bits per heavy atom. The zero-order valence-electron chi connectivity index (χ0n) is 16.8. The van der Waals surface area contributed by atoms with Crippen LogP contribution in [0.15, 0.2) is 48.5 Å². The lowest BCUT2D eigenvalue weighted by Gasteiger charge is -2.26. The Hall–Kier alpha value is -3.15. The van der Waals surface area contributed by atoms with Gasteiger partial charge in [0.25, 0.3) is 0 Å². The van der Waals surface area contributed by atoms with E-state index in [1.165, 1.54) is 18.9 Å². The largest absolute Gasteiger partial charge is 0.465 e. The van der Waals surface area contributed by atoms with Gasteiger partial charge in [0.2, 0.25) is 11.8 Å². The van der Waals surface area contributed by atoms with Crippen molar-refractivity contribution in [2.75, 3.05) is 30.0 Å². The van der Waals surface area contributed by atoms with E-state index in [-0.39, 0.29) is 24.8 Å². The average Bonchev–Trinajstić information content (AvgIpc) is 2.68. The lowest BCUT2D eigenvalue weighted by atomic mass is 10.1. The van der Waals surface area contributed by atoms with Gasteiger partial charge in [-0.1, -0.05) is 24.3 Å². The highest BCUT2D eigenvalue weighted by molar-refractivity contribution is 6.02. The van der Waals surface area contributed by atoms with Crippen LogP contribution >= 0.6 is 0 Å². The smallest absolute Gasteiger partial charge is 0.339 e. The number of carbonyl (C=O) groups excluding carboxylic acids is 3. The van der Waals surface area contributed by atoms with E-state index in [2.05, 4.69) is 0 Å². The van der Waals surface area contributed by atoms with E-state index in [0.717, 1.165) is 11.3 Å². The molecule has 0 radical (unpaired) electrons. The fraction of sp³-hybridized carbons (Fsp3) is 0.318. The molecule has 0 N–H and O–H groups in total. The van der Waals surface area contributed by atoms with Crippen molar-refractivity contribution in [1.82, 2.24) is 0 Å². The van der Waals surface area contributed by atoms with E-state index in [0.29, 0.717) is 17.8 Å². The Kier molecular flexibility index (Phi) is 7.32. The quantitative estimate of drug-likeness (QED) is 0.687. The molecular weight excluding hydrogens is 356 g/mol. The molecule has 6 nitrogen and oxygen atoms in total. The van der Waals surface area contributed by atoms with Gasteiger partial charge in [-0.25, -0.2) is 4.79 Å². The molecule has 148 valence electrons. The van der Waals surface area contributed by atoms with Crippen LogP contribution in [0.25, 0.3) is 0 Å². The summed E-state index contributed by atoms with van der Waals surface area (Å²) in [6, 6.07) is 14.5. The van der Waals surface area contributed by atoms with Crippen molar-refractivity contribution in [3.8, 4) is 0 Å². The van der Waals surface area contributed by atoms with Crippen molar-refractivity contribution in [2.45, 2.75) is 27.2 Å². The molecule has 0 aliphatic carbocycles. The normalized spacial score (nSPS) is 10.3. The van der Waals surface area contributed by atoms with Crippen molar-refractivity contribution >= 4 is 29.2 Å². The Bertz CT molecular complexity index is 863. The predicted octanol–water partition coefficient (Wildman–Crippen LogP) is 3.58. The van der Waals surface area contributed by atoms with Crippen LogP contribution in [0.5, 0.6) is 0 Å². The highest BCUT2D eigenvalue weighted by Crippen LogP contribution is 2.23. The summed E-state index contributed by atoms with van der Waals surface area (Å²) >= 11 is 0. The second-order valence-corrected chi connectivity index (χ2v) is 6.41. The zero-order chi connectivity index (χ0) is 20.7. The van der Waals surface area contributed by atoms with Crippen LogP contribution in [0, 0.1) is 6.92 Å². The zero-order valence-corrected chi connectivity index (χ0v) is 16.8. The van der Waals surface area contributed by atoms with Crippen molar-refractivity contribution in [1.29, 1.82) is 0 Å². The fourth-order valence-electron chi connectivity index (χ4n) is 3.08.